The molecule has 13 heteroatoms. The van der Waals surface area contributed by atoms with Gasteiger partial charge in [0.05, 0.1) is 58.2 Å². The van der Waals surface area contributed by atoms with Crippen LogP contribution >= 0.6 is 0 Å². The molecule has 0 radical (unpaired) electrons. The van der Waals surface area contributed by atoms with E-state index >= 15 is 0 Å². The fourth-order valence-corrected chi connectivity index (χ4v) is 4.80. The van der Waals surface area contributed by atoms with E-state index in [1.54, 1.807) is 30.4 Å². The van der Waals surface area contributed by atoms with Crippen LogP contribution in [0.3, 0.4) is 0 Å². The van der Waals surface area contributed by atoms with Gasteiger partial charge in [0.2, 0.25) is 5.75 Å². The van der Waals surface area contributed by atoms with Crippen molar-refractivity contribution in [3.63, 3.8) is 0 Å². The van der Waals surface area contributed by atoms with Gasteiger partial charge < -0.3 is 28.4 Å². The molecule has 0 fully saturated rings. The van der Waals surface area contributed by atoms with Crippen molar-refractivity contribution < 1.29 is 41.8 Å². The number of methoxy groups -OCH3 is 6. The van der Waals surface area contributed by atoms with Gasteiger partial charge in [-0.3, -0.25) is 14.8 Å². The van der Waals surface area contributed by atoms with E-state index in [9.17, 15) is 18.5 Å². The number of hydrogen-bond acceptors (Lipinski definition) is 10. The normalized spacial score (nSPS) is 11.1. The highest BCUT2D eigenvalue weighted by atomic mass is 32.2. The number of sulfonamides is 1. The molecule has 0 aliphatic rings. The Morgan fingerprint density at radius 3 is 1.64 bits per heavy atom. The summed E-state index contributed by atoms with van der Waals surface area (Å²) < 4.78 is 60.8. The number of nitro benzene ring substituents is 1. The number of nitro groups is 1. The van der Waals surface area contributed by atoms with Crippen LogP contribution in [0.5, 0.6) is 34.5 Å². The first-order valence-electron chi connectivity index (χ1n) is 11.2. The van der Waals surface area contributed by atoms with Crippen molar-refractivity contribution in [2.24, 2.45) is 0 Å². The van der Waals surface area contributed by atoms with Gasteiger partial charge in [0.1, 0.15) is 0 Å². The van der Waals surface area contributed by atoms with Crippen molar-refractivity contribution in [2.75, 3.05) is 47.4 Å². The minimum atomic E-state index is -4.28. The lowest BCUT2D eigenvalue weighted by molar-refractivity contribution is -0.386. The van der Waals surface area contributed by atoms with E-state index in [1.165, 1.54) is 60.9 Å². The van der Waals surface area contributed by atoms with E-state index < -0.39 is 20.6 Å². The van der Waals surface area contributed by atoms with Crippen LogP contribution in [0.2, 0.25) is 0 Å². The number of ether oxygens (including phenoxy) is 6. The average Bonchev–Trinajstić information content (AvgIpc) is 2.94. The van der Waals surface area contributed by atoms with Crippen LogP contribution < -0.4 is 33.1 Å². The van der Waals surface area contributed by atoms with E-state index in [-0.39, 0.29) is 27.8 Å². The van der Waals surface area contributed by atoms with Crippen molar-refractivity contribution in [2.45, 2.75) is 4.90 Å². The molecule has 12 nitrogen and oxygen atoms in total. The molecule has 0 saturated carbocycles. The third-order valence-corrected chi connectivity index (χ3v) is 6.92. The van der Waals surface area contributed by atoms with E-state index in [4.69, 9.17) is 28.4 Å². The zero-order valence-corrected chi connectivity index (χ0v) is 23.0. The molecule has 0 unspecified atom stereocenters. The van der Waals surface area contributed by atoms with Crippen molar-refractivity contribution in [3.8, 4) is 34.5 Å². The van der Waals surface area contributed by atoms with Gasteiger partial charge >= 0.3 is 5.69 Å². The fourth-order valence-electron chi connectivity index (χ4n) is 3.73. The second-order valence-electron chi connectivity index (χ2n) is 7.79. The molecular weight excluding hydrogens is 532 g/mol. The summed E-state index contributed by atoms with van der Waals surface area (Å²) in [5.41, 5.74) is 0.832. The van der Waals surface area contributed by atoms with Gasteiger partial charge in [0.15, 0.2) is 28.7 Å². The second kappa shape index (κ2) is 12.3. The molecule has 0 heterocycles. The van der Waals surface area contributed by atoms with Crippen LogP contribution in [0, 0.1) is 10.1 Å². The highest BCUT2D eigenvalue weighted by Crippen LogP contribution is 2.40. The summed E-state index contributed by atoms with van der Waals surface area (Å²) >= 11 is 0. The Bertz CT molecular complexity index is 1480. The van der Waals surface area contributed by atoms with Gasteiger partial charge in [-0.2, -0.15) is 0 Å². The first-order chi connectivity index (χ1) is 18.6. The highest BCUT2D eigenvalue weighted by Gasteiger charge is 2.24. The second-order valence-corrected chi connectivity index (χ2v) is 9.47. The number of anilines is 1. The SMILES string of the molecule is COc1ccc(S(=O)(=O)Nc2cc(/C=C\c3cc(OC)c(OC)c(OC)c3)cc(OC)c2OC)cc1[N+](=O)[O-]. The van der Waals surface area contributed by atoms with Crippen LogP contribution in [-0.4, -0.2) is 56.0 Å². The summed E-state index contributed by atoms with van der Waals surface area (Å²) in [5.74, 6) is 1.67. The first kappa shape index (κ1) is 28.9. The topological polar surface area (TPSA) is 145 Å². The average molecular weight is 561 g/mol. The molecule has 0 saturated heterocycles. The summed E-state index contributed by atoms with van der Waals surface area (Å²) in [5, 5.41) is 11.4. The monoisotopic (exact) mass is 560 g/mol. The first-order valence-corrected chi connectivity index (χ1v) is 12.7. The Hall–Kier alpha value is -4.65. The number of benzene rings is 3. The van der Waals surface area contributed by atoms with Gasteiger partial charge in [-0.05, 0) is 47.5 Å². The van der Waals surface area contributed by atoms with Crippen LogP contribution in [0.1, 0.15) is 11.1 Å². The third kappa shape index (κ3) is 6.26. The predicted molar refractivity (Wildman–Crippen MR) is 145 cm³/mol. The van der Waals surface area contributed by atoms with E-state index in [1.807, 2.05) is 0 Å². The third-order valence-electron chi connectivity index (χ3n) is 5.56. The summed E-state index contributed by atoms with van der Waals surface area (Å²) in [6.07, 6.45) is 3.48. The molecule has 208 valence electrons. The van der Waals surface area contributed by atoms with Crippen molar-refractivity contribution in [1.82, 2.24) is 0 Å². The number of nitrogens with zero attached hydrogens (tertiary/aromatic N) is 1. The van der Waals surface area contributed by atoms with Gasteiger partial charge in [-0.1, -0.05) is 12.2 Å². The molecule has 1 N–H and O–H groups in total. The number of nitrogens with one attached hydrogen (secondary N) is 1. The summed E-state index contributed by atoms with van der Waals surface area (Å²) in [4.78, 5) is 10.3. The Kier molecular flexibility index (Phi) is 9.09. The number of hydrogen-bond donors (Lipinski definition) is 1. The van der Waals surface area contributed by atoms with Crippen molar-refractivity contribution in [1.29, 1.82) is 0 Å². The Morgan fingerprint density at radius 1 is 0.692 bits per heavy atom. The molecule has 3 rings (SSSR count). The van der Waals surface area contributed by atoms with Gasteiger partial charge in [-0.15, -0.1) is 0 Å². The standard InChI is InChI=1S/C26H28N2O10S/c1-33-21-10-9-18(15-20(21)28(29)30)39(31,32)27-19-11-16(12-22(34-2)25(19)37-5)7-8-17-13-23(35-3)26(38-6)24(14-17)36-4/h7-15,27H,1-6H3/b8-7-. The molecule has 0 bridgehead atoms. The van der Waals surface area contributed by atoms with Crippen molar-refractivity contribution in [3.05, 3.63) is 63.7 Å². The molecule has 0 spiro atoms. The lowest BCUT2D eigenvalue weighted by Crippen LogP contribution is -2.14. The summed E-state index contributed by atoms with van der Waals surface area (Å²) in [6.45, 7) is 0. The Labute approximate surface area is 225 Å². The van der Waals surface area contributed by atoms with Gasteiger partial charge in [0, 0.05) is 6.07 Å². The molecule has 3 aromatic rings. The van der Waals surface area contributed by atoms with Crippen molar-refractivity contribution >= 4 is 33.6 Å². The molecule has 0 aliphatic heterocycles. The lowest BCUT2D eigenvalue weighted by Gasteiger charge is -2.16. The molecule has 0 aromatic heterocycles. The Balaban J connectivity index is 2.05. The molecule has 39 heavy (non-hydrogen) atoms. The molecular formula is C26H28N2O10S. The van der Waals surface area contributed by atoms with E-state index in [0.29, 0.717) is 28.4 Å². The van der Waals surface area contributed by atoms with Crippen LogP contribution in [-0.2, 0) is 10.0 Å². The van der Waals surface area contributed by atoms with Crippen LogP contribution in [0.4, 0.5) is 11.4 Å². The highest BCUT2D eigenvalue weighted by molar-refractivity contribution is 7.92. The summed E-state index contributed by atoms with van der Waals surface area (Å²) in [6, 6.07) is 10.0. The lowest BCUT2D eigenvalue weighted by atomic mass is 10.1. The maximum Gasteiger partial charge on any atom is 0.312 e. The largest absolute Gasteiger partial charge is 0.493 e. The number of rotatable bonds is 12. The van der Waals surface area contributed by atoms with E-state index in [2.05, 4.69) is 4.72 Å². The van der Waals surface area contributed by atoms with E-state index in [0.717, 1.165) is 6.07 Å². The summed E-state index contributed by atoms with van der Waals surface area (Å²) in [7, 11) is 4.27. The quantitative estimate of drug-likeness (QED) is 0.189. The molecule has 0 atom stereocenters. The molecule has 3 aromatic carbocycles. The maximum absolute atomic E-state index is 13.2. The Morgan fingerprint density at radius 2 is 1.18 bits per heavy atom. The molecule has 0 amide bonds. The predicted octanol–water partition coefficient (Wildman–Crippen LogP) is 4.62. The zero-order chi connectivity index (χ0) is 28.7. The smallest absolute Gasteiger partial charge is 0.312 e. The van der Waals surface area contributed by atoms with Crippen LogP contribution in [0.25, 0.3) is 12.2 Å². The van der Waals surface area contributed by atoms with Crippen LogP contribution in [0.15, 0.2) is 47.4 Å². The zero-order valence-electron chi connectivity index (χ0n) is 22.1. The van der Waals surface area contributed by atoms with Gasteiger partial charge in [-0.25, -0.2) is 8.42 Å². The minimum absolute atomic E-state index is 0.0554. The fraction of sp³-hybridized carbons (Fsp3) is 0.231. The minimum Gasteiger partial charge on any atom is -0.493 e. The van der Waals surface area contributed by atoms with Gasteiger partial charge in [0.25, 0.3) is 10.0 Å². The molecule has 0 aliphatic carbocycles. The maximum atomic E-state index is 13.2.